The molecule has 0 fully saturated rings. The number of unbranched alkanes of at least 4 members (excludes halogenated alkanes) is 1. The number of methoxy groups -OCH3 is 1. The third-order valence-corrected chi connectivity index (χ3v) is 4.22. The Morgan fingerprint density at radius 3 is 2.84 bits per heavy atom. The summed E-state index contributed by atoms with van der Waals surface area (Å²) in [5.41, 5.74) is 9.52. The minimum Gasteiger partial charge on any atom is -0.481 e. The van der Waals surface area contributed by atoms with E-state index in [9.17, 15) is 9.90 Å². The van der Waals surface area contributed by atoms with Gasteiger partial charge in [0.1, 0.15) is 0 Å². The normalized spacial score (nSPS) is 11.0. The Balaban J connectivity index is 2.15. The molecule has 0 aliphatic rings. The molecular weight excluding hydrogens is 318 g/mol. The van der Waals surface area contributed by atoms with E-state index in [0.717, 1.165) is 47.1 Å². The molecule has 3 rings (SSSR count). The van der Waals surface area contributed by atoms with Crippen molar-refractivity contribution in [1.82, 2.24) is 9.97 Å². The molecule has 2 heterocycles. The van der Waals surface area contributed by atoms with Gasteiger partial charge in [0, 0.05) is 17.0 Å². The number of carboxylic acid groups (broad SMARTS) is 1. The standard InChI is InChI=1S/C19H21N3O3/c1-25-17-7-4-6-16(21-17)18-13(5-2-3-10-20)14-11-12(19(23)24)8-9-15(14)22-18/h4,6-9,11,22H,2-3,5,10,20H2,1H3,(H,23,24). The van der Waals surface area contributed by atoms with Crippen molar-refractivity contribution in [3.8, 4) is 17.3 Å². The maximum Gasteiger partial charge on any atom is 0.335 e. The first kappa shape index (κ1) is 17.0. The number of hydrogen-bond acceptors (Lipinski definition) is 4. The summed E-state index contributed by atoms with van der Waals surface area (Å²) in [6.45, 7) is 0.634. The average Bonchev–Trinajstić information content (AvgIpc) is 3.00. The summed E-state index contributed by atoms with van der Waals surface area (Å²) in [7, 11) is 1.58. The average molecular weight is 339 g/mol. The van der Waals surface area contributed by atoms with Crippen LogP contribution in [0.15, 0.2) is 36.4 Å². The first-order valence-corrected chi connectivity index (χ1v) is 8.23. The van der Waals surface area contributed by atoms with Gasteiger partial charge in [0.25, 0.3) is 0 Å². The zero-order valence-electron chi connectivity index (χ0n) is 14.1. The van der Waals surface area contributed by atoms with Gasteiger partial charge >= 0.3 is 5.97 Å². The molecule has 0 atom stereocenters. The van der Waals surface area contributed by atoms with Crippen molar-refractivity contribution in [2.75, 3.05) is 13.7 Å². The van der Waals surface area contributed by atoms with E-state index in [1.54, 1.807) is 31.4 Å². The lowest BCUT2D eigenvalue weighted by molar-refractivity contribution is 0.0697. The van der Waals surface area contributed by atoms with Crippen LogP contribution in [0.2, 0.25) is 0 Å². The second-order valence-corrected chi connectivity index (χ2v) is 5.86. The number of ether oxygens (including phenoxy) is 1. The van der Waals surface area contributed by atoms with Crippen LogP contribution in [0, 0.1) is 0 Å². The molecule has 0 saturated carbocycles. The molecule has 6 nitrogen and oxygen atoms in total. The zero-order valence-corrected chi connectivity index (χ0v) is 14.1. The minimum absolute atomic E-state index is 0.275. The molecule has 0 aliphatic carbocycles. The van der Waals surface area contributed by atoms with E-state index in [4.69, 9.17) is 10.5 Å². The van der Waals surface area contributed by atoms with Gasteiger partial charge < -0.3 is 20.6 Å². The number of nitrogens with zero attached hydrogens (tertiary/aromatic N) is 1. The fourth-order valence-corrected chi connectivity index (χ4v) is 2.97. The largest absolute Gasteiger partial charge is 0.481 e. The predicted molar refractivity (Wildman–Crippen MR) is 97.0 cm³/mol. The van der Waals surface area contributed by atoms with Crippen molar-refractivity contribution in [2.45, 2.75) is 19.3 Å². The fraction of sp³-hybridized carbons (Fsp3) is 0.263. The number of fused-ring (bicyclic) bond motifs is 1. The van der Waals surface area contributed by atoms with E-state index >= 15 is 0 Å². The highest BCUT2D eigenvalue weighted by atomic mass is 16.5. The SMILES string of the molecule is COc1cccc(-c2[nH]c3ccc(C(=O)O)cc3c2CCCCN)n1. The molecule has 2 aromatic heterocycles. The number of nitrogens with two attached hydrogens (primary N) is 1. The Hall–Kier alpha value is -2.86. The van der Waals surface area contributed by atoms with Gasteiger partial charge in [0.05, 0.1) is 24.1 Å². The number of rotatable bonds is 7. The number of pyridine rings is 1. The molecule has 0 spiro atoms. The van der Waals surface area contributed by atoms with Gasteiger partial charge in [-0.15, -0.1) is 0 Å². The number of hydrogen-bond donors (Lipinski definition) is 3. The molecule has 3 aromatic rings. The highest BCUT2D eigenvalue weighted by molar-refractivity contribution is 5.97. The van der Waals surface area contributed by atoms with Crippen molar-refractivity contribution >= 4 is 16.9 Å². The quantitative estimate of drug-likeness (QED) is 0.574. The third kappa shape index (κ3) is 3.49. The lowest BCUT2D eigenvalue weighted by Gasteiger charge is -2.06. The van der Waals surface area contributed by atoms with Crippen LogP contribution in [0.5, 0.6) is 5.88 Å². The van der Waals surface area contributed by atoms with E-state index in [1.165, 1.54) is 0 Å². The summed E-state index contributed by atoms with van der Waals surface area (Å²) in [6.07, 6.45) is 2.64. The number of carbonyl (C=O) groups is 1. The van der Waals surface area contributed by atoms with Crippen molar-refractivity contribution in [2.24, 2.45) is 5.73 Å². The molecule has 0 amide bonds. The Bertz CT molecular complexity index is 902. The topological polar surface area (TPSA) is 101 Å². The molecule has 0 saturated heterocycles. The smallest absolute Gasteiger partial charge is 0.335 e. The molecule has 0 radical (unpaired) electrons. The predicted octanol–water partition coefficient (Wildman–Crippen LogP) is 3.22. The number of carboxylic acids is 1. The number of aromatic nitrogens is 2. The summed E-state index contributed by atoms with van der Waals surface area (Å²) in [4.78, 5) is 19.2. The van der Waals surface area contributed by atoms with Crippen LogP contribution in [0.1, 0.15) is 28.8 Å². The number of nitrogens with one attached hydrogen (secondary N) is 1. The second kappa shape index (κ2) is 7.36. The van der Waals surface area contributed by atoms with Crippen LogP contribution in [0.3, 0.4) is 0 Å². The van der Waals surface area contributed by atoms with Crippen molar-refractivity contribution < 1.29 is 14.6 Å². The van der Waals surface area contributed by atoms with Crippen LogP contribution < -0.4 is 10.5 Å². The van der Waals surface area contributed by atoms with E-state index < -0.39 is 5.97 Å². The Morgan fingerprint density at radius 2 is 2.12 bits per heavy atom. The second-order valence-electron chi connectivity index (χ2n) is 5.86. The van der Waals surface area contributed by atoms with E-state index in [-0.39, 0.29) is 5.56 Å². The van der Waals surface area contributed by atoms with Crippen molar-refractivity contribution in [1.29, 1.82) is 0 Å². The summed E-state index contributed by atoms with van der Waals surface area (Å²) in [5, 5.41) is 10.2. The maximum atomic E-state index is 11.3. The van der Waals surface area contributed by atoms with Crippen molar-refractivity contribution in [3.63, 3.8) is 0 Å². The van der Waals surface area contributed by atoms with Gasteiger partial charge in [-0.1, -0.05) is 6.07 Å². The molecule has 130 valence electrons. The number of aryl methyl sites for hydroxylation is 1. The molecule has 4 N–H and O–H groups in total. The van der Waals surface area contributed by atoms with Crippen LogP contribution in [-0.4, -0.2) is 34.7 Å². The van der Waals surface area contributed by atoms with E-state index in [0.29, 0.717) is 12.4 Å². The van der Waals surface area contributed by atoms with E-state index in [1.807, 2.05) is 12.1 Å². The molecule has 6 heteroatoms. The number of aromatic carboxylic acids is 1. The van der Waals surface area contributed by atoms with Gasteiger partial charge in [0.2, 0.25) is 5.88 Å². The Labute approximate surface area is 145 Å². The van der Waals surface area contributed by atoms with Gasteiger partial charge in [-0.05, 0) is 55.6 Å². The fourth-order valence-electron chi connectivity index (χ4n) is 2.97. The monoisotopic (exact) mass is 339 g/mol. The molecule has 25 heavy (non-hydrogen) atoms. The van der Waals surface area contributed by atoms with E-state index in [2.05, 4.69) is 9.97 Å². The van der Waals surface area contributed by atoms with Gasteiger partial charge in [-0.25, -0.2) is 9.78 Å². The minimum atomic E-state index is -0.933. The lowest BCUT2D eigenvalue weighted by Crippen LogP contribution is -2.00. The van der Waals surface area contributed by atoms with Crippen molar-refractivity contribution in [3.05, 3.63) is 47.5 Å². The van der Waals surface area contributed by atoms with Gasteiger partial charge in [-0.2, -0.15) is 0 Å². The highest BCUT2D eigenvalue weighted by Crippen LogP contribution is 2.32. The van der Waals surface area contributed by atoms with Crippen LogP contribution >= 0.6 is 0 Å². The molecule has 0 aliphatic heterocycles. The van der Waals surface area contributed by atoms with Crippen LogP contribution in [-0.2, 0) is 6.42 Å². The third-order valence-electron chi connectivity index (χ3n) is 4.22. The molecule has 0 unspecified atom stereocenters. The van der Waals surface area contributed by atoms with Crippen LogP contribution in [0.4, 0.5) is 0 Å². The zero-order chi connectivity index (χ0) is 17.8. The summed E-state index contributed by atoms with van der Waals surface area (Å²) in [5.74, 6) is -0.396. The highest BCUT2D eigenvalue weighted by Gasteiger charge is 2.16. The first-order valence-electron chi connectivity index (χ1n) is 8.23. The number of H-pyrrole nitrogens is 1. The van der Waals surface area contributed by atoms with Crippen LogP contribution in [0.25, 0.3) is 22.3 Å². The molecule has 0 bridgehead atoms. The first-order chi connectivity index (χ1) is 12.1. The lowest BCUT2D eigenvalue weighted by atomic mass is 10.0. The number of aromatic amines is 1. The number of benzene rings is 1. The van der Waals surface area contributed by atoms with Gasteiger partial charge in [-0.3, -0.25) is 0 Å². The molecule has 1 aromatic carbocycles. The Kier molecular flexibility index (Phi) is 5.00. The van der Waals surface area contributed by atoms with Gasteiger partial charge in [0.15, 0.2) is 0 Å². The summed E-state index contributed by atoms with van der Waals surface area (Å²) < 4.78 is 5.22. The Morgan fingerprint density at radius 1 is 1.28 bits per heavy atom. The summed E-state index contributed by atoms with van der Waals surface area (Å²) >= 11 is 0. The maximum absolute atomic E-state index is 11.3. The molecular formula is C19H21N3O3. The summed E-state index contributed by atoms with van der Waals surface area (Å²) in [6, 6.07) is 10.7.